The number of piperidine rings is 1. The van der Waals surface area contributed by atoms with Crippen molar-refractivity contribution in [2.24, 2.45) is 5.92 Å². The predicted octanol–water partition coefficient (Wildman–Crippen LogP) is 2.95. The minimum absolute atomic E-state index is 0.153. The molecule has 4 atom stereocenters. The molecule has 2 aromatic heterocycles. The summed E-state index contributed by atoms with van der Waals surface area (Å²) in [5.41, 5.74) is 5.19. The van der Waals surface area contributed by atoms with Crippen LogP contribution in [-0.2, 0) is 17.7 Å². The van der Waals surface area contributed by atoms with Gasteiger partial charge in [-0.2, -0.15) is 5.26 Å². The second-order valence-corrected chi connectivity index (χ2v) is 11.3. The van der Waals surface area contributed by atoms with Gasteiger partial charge in [0.05, 0.1) is 23.3 Å². The molecule has 4 aliphatic rings. The van der Waals surface area contributed by atoms with Crippen LogP contribution in [0.3, 0.4) is 0 Å². The molecule has 1 N–H and O–H groups in total. The first-order valence-corrected chi connectivity index (χ1v) is 14.0. The molecule has 8 heteroatoms. The number of nitrogens with one attached hydrogen (secondary N) is 1. The lowest BCUT2D eigenvalue weighted by molar-refractivity contribution is -0.0757. The van der Waals surface area contributed by atoms with E-state index >= 15 is 0 Å². The predicted molar refractivity (Wildman–Crippen MR) is 148 cm³/mol. The van der Waals surface area contributed by atoms with Gasteiger partial charge in [0.2, 0.25) is 0 Å². The normalized spacial score (nSPS) is 27.4. The summed E-state index contributed by atoms with van der Waals surface area (Å²) in [6, 6.07) is 15.4. The number of pyridine rings is 2. The molecule has 0 amide bonds. The van der Waals surface area contributed by atoms with Crippen LogP contribution in [0.15, 0.2) is 42.6 Å². The van der Waals surface area contributed by atoms with Crippen LogP contribution < -0.4 is 15.1 Å². The lowest BCUT2D eigenvalue weighted by Gasteiger charge is -2.55. The van der Waals surface area contributed by atoms with Crippen LogP contribution in [0.4, 0.5) is 11.5 Å². The van der Waals surface area contributed by atoms with Crippen molar-refractivity contribution in [3.63, 3.8) is 0 Å². The molecule has 3 saturated heterocycles. The largest absolute Gasteiger partial charge is 0.370 e. The Bertz CT molecular complexity index is 1390. The van der Waals surface area contributed by atoms with E-state index in [9.17, 15) is 5.26 Å². The highest BCUT2D eigenvalue weighted by molar-refractivity contribution is 5.95. The second kappa shape index (κ2) is 9.81. The molecule has 1 unspecified atom stereocenters. The third kappa shape index (κ3) is 4.29. The van der Waals surface area contributed by atoms with Crippen molar-refractivity contribution in [3.05, 3.63) is 59.4 Å². The van der Waals surface area contributed by atoms with Gasteiger partial charge < -0.3 is 19.9 Å². The molecular weight excluding hydrogens is 474 g/mol. The summed E-state index contributed by atoms with van der Waals surface area (Å²) < 4.78 is 6.45. The van der Waals surface area contributed by atoms with Crippen LogP contribution in [-0.4, -0.2) is 78.9 Å². The molecule has 0 aliphatic carbocycles. The zero-order chi connectivity index (χ0) is 25.6. The number of likely N-dealkylation sites (tertiary alicyclic amines) is 1. The van der Waals surface area contributed by atoms with E-state index in [2.05, 4.69) is 62.3 Å². The second-order valence-electron chi connectivity index (χ2n) is 11.3. The standard InChI is InChI=1S/C30H35N7O/c1-20-15-36(28-6-4-21(13-31)30-25(28)3-2-10-33-30)18-24(38-20)19-37-17-23-16-35(12-9-27(23)37)29-7-5-22-14-32-11-8-26(22)34-29/h2-7,10,20,23-24,27,32H,8-9,11-12,14-19H2,1H3/t20-,23?,24-,27-/m1/s1. The summed E-state index contributed by atoms with van der Waals surface area (Å²) >= 11 is 0. The van der Waals surface area contributed by atoms with Gasteiger partial charge in [0.15, 0.2) is 0 Å². The lowest BCUT2D eigenvalue weighted by atomic mass is 9.82. The number of aromatic nitrogens is 2. The Labute approximate surface area is 224 Å². The summed E-state index contributed by atoms with van der Waals surface area (Å²) in [5, 5.41) is 14.0. The van der Waals surface area contributed by atoms with Crippen molar-refractivity contribution >= 4 is 22.4 Å². The topological polar surface area (TPSA) is 80.6 Å². The molecule has 8 nitrogen and oxygen atoms in total. The van der Waals surface area contributed by atoms with Crippen molar-refractivity contribution in [1.82, 2.24) is 20.2 Å². The maximum absolute atomic E-state index is 9.54. The number of nitrogens with zero attached hydrogens (tertiary/aromatic N) is 6. The summed E-state index contributed by atoms with van der Waals surface area (Å²) in [6.45, 7) is 10.1. The molecule has 0 spiro atoms. The number of hydrogen-bond acceptors (Lipinski definition) is 8. The van der Waals surface area contributed by atoms with Crippen molar-refractivity contribution in [2.45, 2.75) is 44.6 Å². The Morgan fingerprint density at radius 1 is 1.11 bits per heavy atom. The van der Waals surface area contributed by atoms with E-state index in [1.165, 1.54) is 17.7 Å². The van der Waals surface area contributed by atoms with E-state index in [-0.39, 0.29) is 12.2 Å². The van der Waals surface area contributed by atoms with Gasteiger partial charge in [0, 0.05) is 93.7 Å². The van der Waals surface area contributed by atoms with Crippen LogP contribution >= 0.6 is 0 Å². The smallest absolute Gasteiger partial charge is 0.128 e. The van der Waals surface area contributed by atoms with E-state index in [0.29, 0.717) is 17.5 Å². The monoisotopic (exact) mass is 509 g/mol. The highest BCUT2D eigenvalue weighted by atomic mass is 16.5. The number of rotatable bonds is 4. The molecule has 3 fully saturated rings. The molecule has 4 aliphatic heterocycles. The van der Waals surface area contributed by atoms with E-state index in [1.54, 1.807) is 6.20 Å². The average Bonchev–Trinajstić information content (AvgIpc) is 2.94. The maximum atomic E-state index is 9.54. The van der Waals surface area contributed by atoms with Gasteiger partial charge in [0.1, 0.15) is 11.9 Å². The number of anilines is 2. The van der Waals surface area contributed by atoms with Gasteiger partial charge in [0.25, 0.3) is 0 Å². The summed E-state index contributed by atoms with van der Waals surface area (Å²) in [6.07, 6.45) is 4.30. The number of nitriles is 1. The van der Waals surface area contributed by atoms with Crippen LogP contribution in [0.2, 0.25) is 0 Å². The first kappa shape index (κ1) is 23.8. The SMILES string of the molecule is C[C@@H]1CN(c2ccc(C#N)c3ncccc23)C[C@H](CN2CC3CN(c4ccc5c(n4)CCNC5)CC[C@H]32)O1. The molecule has 196 valence electrons. The summed E-state index contributed by atoms with van der Waals surface area (Å²) in [5.74, 6) is 1.86. The first-order chi connectivity index (χ1) is 18.7. The molecule has 7 rings (SSSR count). The molecule has 3 aromatic rings. The Morgan fingerprint density at radius 3 is 2.95 bits per heavy atom. The van der Waals surface area contributed by atoms with E-state index in [1.807, 2.05) is 12.1 Å². The quantitative estimate of drug-likeness (QED) is 0.575. The fourth-order valence-corrected chi connectivity index (χ4v) is 7.03. The summed E-state index contributed by atoms with van der Waals surface area (Å²) in [7, 11) is 0. The molecular formula is C30H35N7O. The molecule has 6 heterocycles. The Hall–Kier alpha value is -3.25. The minimum Gasteiger partial charge on any atom is -0.370 e. The first-order valence-electron chi connectivity index (χ1n) is 14.0. The molecule has 38 heavy (non-hydrogen) atoms. The zero-order valence-corrected chi connectivity index (χ0v) is 22.0. The highest BCUT2D eigenvalue weighted by Crippen LogP contribution is 2.36. The molecule has 0 saturated carbocycles. The third-order valence-corrected chi connectivity index (χ3v) is 8.84. The zero-order valence-electron chi connectivity index (χ0n) is 22.0. The summed E-state index contributed by atoms with van der Waals surface area (Å²) in [4.78, 5) is 17.1. The van der Waals surface area contributed by atoms with Crippen LogP contribution in [0, 0.1) is 17.2 Å². The van der Waals surface area contributed by atoms with Gasteiger partial charge >= 0.3 is 0 Å². The highest BCUT2D eigenvalue weighted by Gasteiger charge is 2.44. The van der Waals surface area contributed by atoms with Crippen molar-refractivity contribution in [2.75, 3.05) is 55.6 Å². The molecule has 0 bridgehead atoms. The Kier molecular flexibility index (Phi) is 6.15. The van der Waals surface area contributed by atoms with E-state index in [4.69, 9.17) is 9.72 Å². The molecule has 0 radical (unpaired) electrons. The number of ether oxygens (including phenoxy) is 1. The van der Waals surface area contributed by atoms with Crippen molar-refractivity contribution < 1.29 is 4.74 Å². The maximum Gasteiger partial charge on any atom is 0.128 e. The third-order valence-electron chi connectivity index (χ3n) is 8.84. The van der Waals surface area contributed by atoms with Gasteiger partial charge in [-0.25, -0.2) is 4.98 Å². The fraction of sp³-hybridized carbons (Fsp3) is 0.500. The van der Waals surface area contributed by atoms with Crippen molar-refractivity contribution in [1.29, 1.82) is 5.26 Å². The van der Waals surface area contributed by atoms with Crippen LogP contribution in [0.25, 0.3) is 10.9 Å². The Balaban J connectivity index is 1.00. The minimum atomic E-state index is 0.153. The van der Waals surface area contributed by atoms with Crippen molar-refractivity contribution in [3.8, 4) is 6.07 Å². The Morgan fingerprint density at radius 2 is 2.05 bits per heavy atom. The van der Waals surface area contributed by atoms with E-state index in [0.717, 1.165) is 81.2 Å². The number of hydrogen-bond donors (Lipinski definition) is 1. The van der Waals surface area contributed by atoms with Gasteiger partial charge in [-0.1, -0.05) is 6.07 Å². The fourth-order valence-electron chi connectivity index (χ4n) is 7.03. The lowest BCUT2D eigenvalue weighted by Crippen LogP contribution is -2.66. The van der Waals surface area contributed by atoms with Crippen LogP contribution in [0.5, 0.6) is 0 Å². The van der Waals surface area contributed by atoms with E-state index < -0.39 is 0 Å². The number of benzene rings is 1. The van der Waals surface area contributed by atoms with Crippen LogP contribution in [0.1, 0.15) is 30.2 Å². The van der Waals surface area contributed by atoms with Gasteiger partial charge in [-0.3, -0.25) is 9.88 Å². The van der Waals surface area contributed by atoms with Gasteiger partial charge in [-0.05, 0) is 49.2 Å². The average molecular weight is 510 g/mol. The van der Waals surface area contributed by atoms with Gasteiger partial charge in [-0.15, -0.1) is 0 Å². The number of morpholine rings is 1. The molecule has 1 aromatic carbocycles. The number of fused-ring (bicyclic) bond motifs is 3.